The van der Waals surface area contributed by atoms with Crippen molar-refractivity contribution >= 4 is 28.9 Å². The van der Waals surface area contributed by atoms with Gasteiger partial charge in [0.05, 0.1) is 10.6 Å². The van der Waals surface area contributed by atoms with Crippen LogP contribution in [0, 0.1) is 0 Å². The van der Waals surface area contributed by atoms with E-state index in [0.29, 0.717) is 16.3 Å². The molecule has 2 N–H and O–H groups in total. The minimum absolute atomic E-state index is 0.0184. The molecule has 3 rings (SSSR count). The molecule has 0 spiro atoms. The molecule has 0 bridgehead atoms. The Kier molecular flexibility index (Phi) is 3.71. The molecule has 1 aromatic carbocycles. The van der Waals surface area contributed by atoms with Crippen molar-refractivity contribution in [3.8, 4) is 5.69 Å². The summed E-state index contributed by atoms with van der Waals surface area (Å²) in [5.74, 6) is -1.23. The standard InChI is InChI=1S/C15H11N3O3S/c19-14(13-2-1-9-22-13)16-10-3-5-11(6-4-10)18-8-7-12(17-18)15(20)21/h1-9H,(H,16,19)(H,20,21). The molecule has 6 nitrogen and oxygen atoms in total. The van der Waals surface area contributed by atoms with Gasteiger partial charge in [0.25, 0.3) is 5.91 Å². The minimum atomic E-state index is -1.07. The van der Waals surface area contributed by atoms with Crippen LogP contribution in [0.15, 0.2) is 54.0 Å². The Morgan fingerprint density at radius 1 is 1.14 bits per heavy atom. The lowest BCUT2D eigenvalue weighted by molar-refractivity contribution is 0.0689. The van der Waals surface area contributed by atoms with Crippen LogP contribution >= 0.6 is 11.3 Å². The fraction of sp³-hybridized carbons (Fsp3) is 0. The van der Waals surface area contributed by atoms with Crippen molar-refractivity contribution in [1.29, 1.82) is 0 Å². The predicted molar refractivity (Wildman–Crippen MR) is 82.8 cm³/mol. The van der Waals surface area contributed by atoms with Crippen LogP contribution in [0.2, 0.25) is 0 Å². The second-order valence-corrected chi connectivity index (χ2v) is 5.38. The zero-order valence-electron chi connectivity index (χ0n) is 11.3. The number of carboxylic acids is 1. The molecule has 2 heterocycles. The maximum Gasteiger partial charge on any atom is 0.356 e. The average Bonchev–Trinajstić information content (AvgIpc) is 3.20. The van der Waals surface area contributed by atoms with Gasteiger partial charge in [0.1, 0.15) is 0 Å². The normalized spacial score (nSPS) is 10.4. The number of rotatable bonds is 4. The van der Waals surface area contributed by atoms with Crippen molar-refractivity contribution in [3.05, 3.63) is 64.6 Å². The van der Waals surface area contributed by atoms with Crippen molar-refractivity contribution in [1.82, 2.24) is 9.78 Å². The molecule has 3 aromatic rings. The fourth-order valence-electron chi connectivity index (χ4n) is 1.88. The van der Waals surface area contributed by atoms with E-state index in [-0.39, 0.29) is 11.6 Å². The SMILES string of the molecule is O=C(O)c1ccn(-c2ccc(NC(=O)c3cccs3)cc2)n1. The van der Waals surface area contributed by atoms with Crippen LogP contribution in [0.25, 0.3) is 5.69 Å². The number of carboxylic acid groups (broad SMARTS) is 1. The van der Waals surface area contributed by atoms with Gasteiger partial charge in [-0.25, -0.2) is 9.48 Å². The van der Waals surface area contributed by atoms with Gasteiger partial charge in [-0.1, -0.05) is 6.07 Å². The van der Waals surface area contributed by atoms with Crippen LogP contribution in [0.4, 0.5) is 5.69 Å². The molecule has 0 atom stereocenters. The van der Waals surface area contributed by atoms with E-state index < -0.39 is 5.97 Å². The molecule has 2 aromatic heterocycles. The third kappa shape index (κ3) is 2.89. The van der Waals surface area contributed by atoms with Crippen LogP contribution in [0.1, 0.15) is 20.2 Å². The Labute approximate surface area is 129 Å². The molecule has 0 radical (unpaired) electrons. The van der Waals surface area contributed by atoms with Crippen LogP contribution < -0.4 is 5.32 Å². The first-order valence-corrected chi connectivity index (χ1v) is 7.26. The summed E-state index contributed by atoms with van der Waals surface area (Å²) < 4.78 is 1.47. The Hall–Kier alpha value is -2.93. The number of carbonyl (C=O) groups is 2. The maximum atomic E-state index is 11.9. The lowest BCUT2D eigenvalue weighted by Gasteiger charge is -2.05. The quantitative estimate of drug-likeness (QED) is 0.775. The van der Waals surface area contributed by atoms with Crippen LogP contribution in [0.3, 0.4) is 0 Å². The van der Waals surface area contributed by atoms with Gasteiger partial charge in [0.15, 0.2) is 5.69 Å². The first-order chi connectivity index (χ1) is 10.6. The number of benzene rings is 1. The Bertz CT molecular complexity index is 807. The van der Waals surface area contributed by atoms with E-state index in [9.17, 15) is 9.59 Å². The summed E-state index contributed by atoms with van der Waals surface area (Å²) >= 11 is 1.37. The Balaban J connectivity index is 1.74. The van der Waals surface area contributed by atoms with E-state index in [2.05, 4.69) is 10.4 Å². The number of anilines is 1. The third-order valence-corrected chi connectivity index (χ3v) is 3.81. The number of hydrogen-bond donors (Lipinski definition) is 2. The smallest absolute Gasteiger partial charge is 0.356 e. The molecule has 0 saturated heterocycles. The van der Waals surface area contributed by atoms with E-state index in [1.165, 1.54) is 22.1 Å². The van der Waals surface area contributed by atoms with Gasteiger partial charge in [0.2, 0.25) is 0 Å². The Morgan fingerprint density at radius 3 is 2.50 bits per heavy atom. The lowest BCUT2D eigenvalue weighted by atomic mass is 10.2. The summed E-state index contributed by atoms with van der Waals surface area (Å²) in [6, 6.07) is 12.0. The van der Waals surface area contributed by atoms with E-state index in [0.717, 1.165) is 0 Å². The number of aromatic nitrogens is 2. The molecule has 22 heavy (non-hydrogen) atoms. The fourth-order valence-corrected chi connectivity index (χ4v) is 2.50. The predicted octanol–water partition coefficient (Wildman–Crippen LogP) is 2.88. The highest BCUT2D eigenvalue weighted by Crippen LogP contribution is 2.16. The molecular weight excluding hydrogens is 302 g/mol. The highest BCUT2D eigenvalue weighted by molar-refractivity contribution is 7.12. The van der Waals surface area contributed by atoms with Crippen molar-refractivity contribution in [3.63, 3.8) is 0 Å². The van der Waals surface area contributed by atoms with Gasteiger partial charge >= 0.3 is 5.97 Å². The monoisotopic (exact) mass is 313 g/mol. The number of aromatic carboxylic acids is 1. The molecule has 0 aliphatic carbocycles. The Morgan fingerprint density at radius 2 is 1.91 bits per heavy atom. The number of hydrogen-bond acceptors (Lipinski definition) is 4. The molecule has 1 amide bonds. The summed E-state index contributed by atoms with van der Waals surface area (Å²) in [7, 11) is 0. The van der Waals surface area contributed by atoms with E-state index in [1.54, 1.807) is 36.5 Å². The van der Waals surface area contributed by atoms with Crippen LogP contribution in [0.5, 0.6) is 0 Å². The van der Waals surface area contributed by atoms with E-state index >= 15 is 0 Å². The number of carbonyl (C=O) groups excluding carboxylic acids is 1. The van der Waals surface area contributed by atoms with Crippen LogP contribution in [-0.2, 0) is 0 Å². The highest BCUT2D eigenvalue weighted by Gasteiger charge is 2.09. The molecule has 0 aliphatic heterocycles. The number of nitrogens with one attached hydrogen (secondary N) is 1. The largest absolute Gasteiger partial charge is 0.476 e. The number of nitrogens with zero attached hydrogens (tertiary/aromatic N) is 2. The van der Waals surface area contributed by atoms with Crippen molar-refractivity contribution in [2.45, 2.75) is 0 Å². The first kappa shape index (κ1) is 14.0. The first-order valence-electron chi connectivity index (χ1n) is 6.38. The van der Waals surface area contributed by atoms with Gasteiger partial charge in [-0.2, -0.15) is 5.10 Å². The molecule has 0 fully saturated rings. The van der Waals surface area contributed by atoms with Crippen molar-refractivity contribution in [2.24, 2.45) is 0 Å². The summed E-state index contributed by atoms with van der Waals surface area (Å²) in [6.07, 6.45) is 1.57. The molecule has 0 aliphatic rings. The molecule has 7 heteroatoms. The van der Waals surface area contributed by atoms with Crippen molar-refractivity contribution in [2.75, 3.05) is 5.32 Å². The summed E-state index contributed by atoms with van der Waals surface area (Å²) in [5.41, 5.74) is 1.35. The van der Waals surface area contributed by atoms with Gasteiger partial charge < -0.3 is 10.4 Å². The second kappa shape index (κ2) is 5.82. The summed E-state index contributed by atoms with van der Waals surface area (Å²) in [4.78, 5) is 23.4. The third-order valence-electron chi connectivity index (χ3n) is 2.94. The molecule has 0 saturated carbocycles. The van der Waals surface area contributed by atoms with Gasteiger partial charge in [0, 0.05) is 11.9 Å². The maximum absolute atomic E-state index is 11.9. The highest BCUT2D eigenvalue weighted by atomic mass is 32.1. The minimum Gasteiger partial charge on any atom is -0.476 e. The van der Waals surface area contributed by atoms with Gasteiger partial charge in [-0.3, -0.25) is 4.79 Å². The number of amides is 1. The second-order valence-electron chi connectivity index (χ2n) is 4.43. The number of thiophene rings is 1. The topological polar surface area (TPSA) is 84.2 Å². The van der Waals surface area contributed by atoms with E-state index in [4.69, 9.17) is 5.11 Å². The molecule has 0 unspecified atom stereocenters. The lowest BCUT2D eigenvalue weighted by Crippen LogP contribution is -2.10. The van der Waals surface area contributed by atoms with Crippen molar-refractivity contribution < 1.29 is 14.7 Å². The molecular formula is C15H11N3O3S. The van der Waals surface area contributed by atoms with Crippen LogP contribution in [-0.4, -0.2) is 26.8 Å². The zero-order valence-corrected chi connectivity index (χ0v) is 12.1. The van der Waals surface area contributed by atoms with Gasteiger partial charge in [-0.05, 0) is 41.8 Å². The summed E-state index contributed by atoms with van der Waals surface area (Å²) in [5, 5.41) is 17.4. The summed E-state index contributed by atoms with van der Waals surface area (Å²) in [6.45, 7) is 0. The zero-order chi connectivity index (χ0) is 15.5. The molecule has 110 valence electrons. The average molecular weight is 313 g/mol. The van der Waals surface area contributed by atoms with E-state index in [1.807, 2.05) is 11.4 Å². The van der Waals surface area contributed by atoms with Gasteiger partial charge in [-0.15, -0.1) is 11.3 Å².